The summed E-state index contributed by atoms with van der Waals surface area (Å²) in [6.07, 6.45) is 0. The van der Waals surface area contributed by atoms with E-state index in [0.29, 0.717) is 12.5 Å². The Labute approximate surface area is 108 Å². The highest BCUT2D eigenvalue weighted by atomic mass is 16.4. The van der Waals surface area contributed by atoms with E-state index in [4.69, 9.17) is 0 Å². The molecule has 18 heavy (non-hydrogen) atoms. The molecule has 98 valence electrons. The zero-order valence-electron chi connectivity index (χ0n) is 11.0. The lowest BCUT2D eigenvalue weighted by Gasteiger charge is -2.18. The molecule has 1 aromatic carbocycles. The van der Waals surface area contributed by atoms with Crippen molar-refractivity contribution in [3.63, 3.8) is 0 Å². The molecule has 1 aliphatic rings. The standard InChI is InChI=1S/C15H21NO2/c1-11(2)13-9-16(10-14(13)15(17)18)8-12-6-4-3-5-7-12/h3-7,11,13-14H,8-10H2,1-2H3,(H,17,18)/t13-,14-/m0/s1. The fourth-order valence-corrected chi connectivity index (χ4v) is 2.82. The first kappa shape index (κ1) is 13.1. The average molecular weight is 247 g/mol. The van der Waals surface area contributed by atoms with E-state index in [1.54, 1.807) is 0 Å². The van der Waals surface area contributed by atoms with Gasteiger partial charge in [0, 0.05) is 19.6 Å². The van der Waals surface area contributed by atoms with E-state index >= 15 is 0 Å². The first-order valence-electron chi connectivity index (χ1n) is 6.57. The number of likely N-dealkylation sites (tertiary alicyclic amines) is 1. The zero-order valence-corrected chi connectivity index (χ0v) is 11.0. The van der Waals surface area contributed by atoms with Crippen LogP contribution in [-0.2, 0) is 11.3 Å². The van der Waals surface area contributed by atoms with E-state index in [-0.39, 0.29) is 11.8 Å². The van der Waals surface area contributed by atoms with Gasteiger partial charge >= 0.3 is 5.97 Å². The monoisotopic (exact) mass is 247 g/mol. The van der Waals surface area contributed by atoms with Crippen molar-refractivity contribution >= 4 is 5.97 Å². The third kappa shape index (κ3) is 2.91. The summed E-state index contributed by atoms with van der Waals surface area (Å²) in [6, 6.07) is 10.3. The van der Waals surface area contributed by atoms with E-state index in [1.807, 2.05) is 18.2 Å². The van der Waals surface area contributed by atoms with Gasteiger partial charge in [-0.1, -0.05) is 44.2 Å². The molecule has 1 aromatic rings. The lowest BCUT2D eigenvalue weighted by atomic mass is 9.86. The summed E-state index contributed by atoms with van der Waals surface area (Å²) < 4.78 is 0. The molecule has 0 amide bonds. The van der Waals surface area contributed by atoms with Gasteiger partial charge in [0.2, 0.25) is 0 Å². The molecular weight excluding hydrogens is 226 g/mol. The lowest BCUT2D eigenvalue weighted by Crippen LogP contribution is -2.25. The molecule has 0 bridgehead atoms. The number of carbonyl (C=O) groups is 1. The third-order valence-corrected chi connectivity index (χ3v) is 3.86. The third-order valence-electron chi connectivity index (χ3n) is 3.86. The Morgan fingerprint density at radius 2 is 2.00 bits per heavy atom. The summed E-state index contributed by atoms with van der Waals surface area (Å²) >= 11 is 0. The maximum atomic E-state index is 11.3. The van der Waals surface area contributed by atoms with Gasteiger partial charge in [0.1, 0.15) is 0 Å². The number of carboxylic acid groups (broad SMARTS) is 1. The number of hydrogen-bond donors (Lipinski definition) is 1. The fraction of sp³-hybridized carbons (Fsp3) is 0.533. The Morgan fingerprint density at radius 1 is 1.33 bits per heavy atom. The minimum absolute atomic E-state index is 0.214. The minimum Gasteiger partial charge on any atom is -0.481 e. The maximum absolute atomic E-state index is 11.3. The van der Waals surface area contributed by atoms with E-state index < -0.39 is 5.97 Å². The van der Waals surface area contributed by atoms with Crippen molar-refractivity contribution in [2.45, 2.75) is 20.4 Å². The maximum Gasteiger partial charge on any atom is 0.308 e. The number of carboxylic acids is 1. The summed E-state index contributed by atoms with van der Waals surface area (Å²) in [5.74, 6) is -0.170. The van der Waals surface area contributed by atoms with Crippen molar-refractivity contribution < 1.29 is 9.90 Å². The number of hydrogen-bond acceptors (Lipinski definition) is 2. The molecule has 1 heterocycles. The van der Waals surface area contributed by atoms with Crippen LogP contribution in [0.3, 0.4) is 0 Å². The van der Waals surface area contributed by atoms with Gasteiger partial charge in [-0.3, -0.25) is 9.69 Å². The Morgan fingerprint density at radius 3 is 2.50 bits per heavy atom. The molecule has 1 aliphatic heterocycles. The largest absolute Gasteiger partial charge is 0.481 e. The quantitative estimate of drug-likeness (QED) is 0.888. The van der Waals surface area contributed by atoms with Crippen molar-refractivity contribution in [3.8, 4) is 0 Å². The van der Waals surface area contributed by atoms with Crippen LogP contribution < -0.4 is 0 Å². The minimum atomic E-state index is -0.649. The molecule has 0 saturated carbocycles. The molecule has 0 spiro atoms. The first-order valence-corrected chi connectivity index (χ1v) is 6.57. The highest BCUT2D eigenvalue weighted by Crippen LogP contribution is 2.30. The molecule has 3 heteroatoms. The van der Waals surface area contributed by atoms with Gasteiger partial charge in [-0.25, -0.2) is 0 Å². The van der Waals surface area contributed by atoms with Crippen molar-refractivity contribution in [3.05, 3.63) is 35.9 Å². The van der Waals surface area contributed by atoms with Crippen LogP contribution in [0.2, 0.25) is 0 Å². The Bertz CT molecular complexity index is 402. The molecule has 1 N–H and O–H groups in total. The summed E-state index contributed by atoms with van der Waals surface area (Å²) in [7, 11) is 0. The fourth-order valence-electron chi connectivity index (χ4n) is 2.82. The lowest BCUT2D eigenvalue weighted by molar-refractivity contribution is -0.143. The van der Waals surface area contributed by atoms with Crippen LogP contribution in [-0.4, -0.2) is 29.1 Å². The van der Waals surface area contributed by atoms with Crippen LogP contribution in [0.4, 0.5) is 0 Å². The number of nitrogens with zero attached hydrogens (tertiary/aromatic N) is 1. The van der Waals surface area contributed by atoms with E-state index in [1.165, 1.54) is 5.56 Å². The molecule has 3 nitrogen and oxygen atoms in total. The van der Waals surface area contributed by atoms with Crippen LogP contribution in [0.15, 0.2) is 30.3 Å². The SMILES string of the molecule is CC(C)[C@@H]1CN(Cc2ccccc2)C[C@@H]1C(=O)O. The molecule has 1 fully saturated rings. The summed E-state index contributed by atoms with van der Waals surface area (Å²) in [6.45, 7) is 6.66. The summed E-state index contributed by atoms with van der Waals surface area (Å²) in [5.41, 5.74) is 1.26. The van der Waals surface area contributed by atoms with Gasteiger partial charge in [0.05, 0.1) is 5.92 Å². The van der Waals surface area contributed by atoms with Crippen molar-refractivity contribution in [1.29, 1.82) is 0 Å². The molecule has 1 saturated heterocycles. The van der Waals surface area contributed by atoms with Crippen LogP contribution in [0.1, 0.15) is 19.4 Å². The summed E-state index contributed by atoms with van der Waals surface area (Å²) in [5, 5.41) is 9.29. The highest BCUT2D eigenvalue weighted by Gasteiger charge is 2.38. The van der Waals surface area contributed by atoms with E-state index in [2.05, 4.69) is 30.9 Å². The van der Waals surface area contributed by atoms with Crippen LogP contribution in [0.5, 0.6) is 0 Å². The summed E-state index contributed by atoms with van der Waals surface area (Å²) in [4.78, 5) is 13.6. The smallest absolute Gasteiger partial charge is 0.308 e. The molecule has 2 rings (SSSR count). The molecule has 0 unspecified atom stereocenters. The second-order valence-corrected chi connectivity index (χ2v) is 5.53. The van der Waals surface area contributed by atoms with Gasteiger partial charge in [-0.15, -0.1) is 0 Å². The first-order chi connectivity index (χ1) is 8.58. The molecule has 0 aliphatic carbocycles. The number of benzene rings is 1. The normalized spacial score (nSPS) is 24.6. The van der Waals surface area contributed by atoms with Gasteiger partial charge in [0.15, 0.2) is 0 Å². The highest BCUT2D eigenvalue weighted by molar-refractivity contribution is 5.71. The zero-order chi connectivity index (χ0) is 13.1. The second-order valence-electron chi connectivity index (χ2n) is 5.53. The molecular formula is C15H21NO2. The average Bonchev–Trinajstić information content (AvgIpc) is 2.74. The van der Waals surface area contributed by atoms with E-state index in [0.717, 1.165) is 13.1 Å². The van der Waals surface area contributed by atoms with Gasteiger partial charge < -0.3 is 5.11 Å². The molecule has 2 atom stereocenters. The van der Waals surface area contributed by atoms with Gasteiger partial charge in [-0.05, 0) is 17.4 Å². The van der Waals surface area contributed by atoms with Crippen molar-refractivity contribution in [1.82, 2.24) is 4.90 Å². The van der Waals surface area contributed by atoms with Crippen molar-refractivity contribution in [2.75, 3.05) is 13.1 Å². The van der Waals surface area contributed by atoms with E-state index in [9.17, 15) is 9.90 Å². The molecule has 0 radical (unpaired) electrons. The van der Waals surface area contributed by atoms with Gasteiger partial charge in [-0.2, -0.15) is 0 Å². The Kier molecular flexibility index (Phi) is 4.02. The predicted octanol–water partition coefficient (Wildman–Crippen LogP) is 2.48. The Hall–Kier alpha value is -1.35. The van der Waals surface area contributed by atoms with Crippen LogP contribution in [0.25, 0.3) is 0 Å². The second kappa shape index (κ2) is 5.53. The number of aliphatic carboxylic acids is 1. The Balaban J connectivity index is 2.03. The topological polar surface area (TPSA) is 40.5 Å². The van der Waals surface area contributed by atoms with Crippen LogP contribution >= 0.6 is 0 Å². The number of rotatable bonds is 4. The molecule has 0 aromatic heterocycles. The van der Waals surface area contributed by atoms with Crippen molar-refractivity contribution in [2.24, 2.45) is 17.8 Å². The van der Waals surface area contributed by atoms with Gasteiger partial charge in [0.25, 0.3) is 0 Å². The van der Waals surface area contributed by atoms with Crippen LogP contribution in [0, 0.1) is 17.8 Å². The predicted molar refractivity (Wildman–Crippen MR) is 71.2 cm³/mol.